The number of nitrogens with one attached hydrogen (secondary N) is 1. The smallest absolute Gasteiger partial charge is 0.337 e. The van der Waals surface area contributed by atoms with Gasteiger partial charge in [0.1, 0.15) is 5.82 Å². The molecule has 0 amide bonds. The number of nitrogen functional groups attached to an aromatic ring is 1. The van der Waals surface area contributed by atoms with Crippen LogP contribution < -0.4 is 11.1 Å². The van der Waals surface area contributed by atoms with Gasteiger partial charge < -0.3 is 34.6 Å². The molecule has 5 rings (SSSR count). The van der Waals surface area contributed by atoms with Crippen molar-refractivity contribution < 1.29 is 28.5 Å². The van der Waals surface area contributed by atoms with Crippen LogP contribution in [0.3, 0.4) is 0 Å². The monoisotopic (exact) mass is 594 g/mol. The van der Waals surface area contributed by atoms with E-state index in [1.807, 2.05) is 24.3 Å². The maximum Gasteiger partial charge on any atom is 0.337 e. The zero-order valence-electron chi connectivity index (χ0n) is 26.1. The molecule has 3 heterocycles. The van der Waals surface area contributed by atoms with Gasteiger partial charge in [0.05, 0.1) is 47.8 Å². The Balaban J connectivity index is 0.000000203. The van der Waals surface area contributed by atoms with Gasteiger partial charge in [-0.2, -0.15) is 0 Å². The topological polar surface area (TPSA) is 127 Å². The number of aromatic nitrogens is 2. The molecule has 0 radical (unpaired) electrons. The maximum absolute atomic E-state index is 11.8. The highest BCUT2D eigenvalue weighted by molar-refractivity contribution is 5.94. The van der Waals surface area contributed by atoms with Crippen molar-refractivity contribution >= 4 is 34.3 Å². The standard InChI is InChI=1S/C19H26N2O3.C14H20N2O3/c1-19(2,3)18-20-15-11-14(17(22)23-4)5-6-16(15)21(18)12-13-7-9-24-10-8-13;1-18-14(17)11-2-3-13(12(15)8-11)16-9-10-4-6-19-7-5-10/h5-6,11,13H,7-10,12H2,1-4H3;2-3,8,10,16H,4-7,9,15H2,1H3. The molecule has 10 nitrogen and oxygen atoms in total. The van der Waals surface area contributed by atoms with Crippen LogP contribution in [0.5, 0.6) is 0 Å². The van der Waals surface area contributed by atoms with E-state index in [2.05, 4.69) is 35.4 Å². The molecule has 234 valence electrons. The summed E-state index contributed by atoms with van der Waals surface area (Å²) in [6, 6.07) is 10.8. The average Bonchev–Trinajstić information content (AvgIpc) is 3.39. The van der Waals surface area contributed by atoms with E-state index in [9.17, 15) is 9.59 Å². The van der Waals surface area contributed by atoms with Gasteiger partial charge >= 0.3 is 11.9 Å². The lowest BCUT2D eigenvalue weighted by atomic mass is 9.94. The summed E-state index contributed by atoms with van der Waals surface area (Å²) < 4.78 is 22.6. The van der Waals surface area contributed by atoms with Crippen LogP contribution >= 0.6 is 0 Å². The van der Waals surface area contributed by atoms with Gasteiger partial charge in [0.2, 0.25) is 0 Å². The first-order valence-electron chi connectivity index (χ1n) is 15.1. The van der Waals surface area contributed by atoms with E-state index in [4.69, 9.17) is 24.9 Å². The Kier molecular flexibility index (Phi) is 11.0. The molecule has 1 aromatic heterocycles. The largest absolute Gasteiger partial charge is 0.465 e. The third kappa shape index (κ3) is 8.48. The minimum absolute atomic E-state index is 0.0599. The number of carbonyl (C=O) groups is 2. The molecule has 0 unspecified atom stereocenters. The molecule has 2 aliphatic rings. The molecule has 43 heavy (non-hydrogen) atoms. The lowest BCUT2D eigenvalue weighted by Gasteiger charge is -2.26. The predicted molar refractivity (Wildman–Crippen MR) is 168 cm³/mol. The number of methoxy groups -OCH3 is 2. The number of nitrogens with zero attached hydrogens (tertiary/aromatic N) is 2. The molecule has 0 spiro atoms. The fraction of sp³-hybridized carbons (Fsp3) is 0.545. The van der Waals surface area contributed by atoms with Crippen LogP contribution in [0, 0.1) is 11.8 Å². The molecule has 10 heteroatoms. The van der Waals surface area contributed by atoms with E-state index in [0.717, 1.165) is 87.7 Å². The fourth-order valence-corrected chi connectivity index (χ4v) is 5.49. The number of carbonyl (C=O) groups excluding carboxylic acids is 2. The summed E-state index contributed by atoms with van der Waals surface area (Å²) in [7, 11) is 2.76. The SMILES string of the molecule is COC(=O)c1ccc(NCC2CCOCC2)c(N)c1.COC(=O)c1ccc2c(c1)nc(C(C)(C)C)n2CC1CCOCC1. The average molecular weight is 595 g/mol. The number of esters is 2. The molecule has 2 aromatic carbocycles. The first-order valence-corrected chi connectivity index (χ1v) is 15.1. The van der Waals surface area contributed by atoms with Crippen LogP contribution in [0.15, 0.2) is 36.4 Å². The van der Waals surface area contributed by atoms with E-state index in [-0.39, 0.29) is 17.4 Å². The Morgan fingerprint density at radius 1 is 0.907 bits per heavy atom. The van der Waals surface area contributed by atoms with E-state index >= 15 is 0 Å². The van der Waals surface area contributed by atoms with Crippen molar-refractivity contribution in [3.05, 3.63) is 53.3 Å². The Hall–Kier alpha value is -3.63. The number of benzene rings is 2. The molecule has 0 saturated carbocycles. The number of anilines is 2. The Morgan fingerprint density at radius 2 is 1.47 bits per heavy atom. The van der Waals surface area contributed by atoms with Gasteiger partial charge in [-0.15, -0.1) is 0 Å². The second kappa shape index (κ2) is 14.7. The van der Waals surface area contributed by atoms with Gasteiger partial charge in [0.15, 0.2) is 0 Å². The van der Waals surface area contributed by atoms with Gasteiger partial charge in [-0.25, -0.2) is 14.6 Å². The normalized spacial score (nSPS) is 16.3. The molecule has 2 saturated heterocycles. The third-order valence-electron chi connectivity index (χ3n) is 8.02. The second-order valence-corrected chi connectivity index (χ2v) is 12.3. The fourth-order valence-electron chi connectivity index (χ4n) is 5.49. The van der Waals surface area contributed by atoms with Crippen LogP contribution in [0.25, 0.3) is 11.0 Å². The summed E-state index contributed by atoms with van der Waals surface area (Å²) in [5.74, 6) is 1.59. The summed E-state index contributed by atoms with van der Waals surface area (Å²) in [6.07, 6.45) is 4.33. The number of hydrogen-bond acceptors (Lipinski definition) is 9. The van der Waals surface area contributed by atoms with Crippen LogP contribution in [-0.2, 0) is 30.9 Å². The minimum atomic E-state index is -0.373. The highest BCUT2D eigenvalue weighted by atomic mass is 16.5. The third-order valence-corrected chi connectivity index (χ3v) is 8.02. The summed E-state index contributed by atoms with van der Waals surface area (Å²) in [5, 5.41) is 3.33. The summed E-state index contributed by atoms with van der Waals surface area (Å²) in [6.45, 7) is 11.7. The van der Waals surface area contributed by atoms with Gasteiger partial charge in [-0.1, -0.05) is 20.8 Å². The first-order chi connectivity index (χ1) is 20.6. The van der Waals surface area contributed by atoms with Crippen molar-refractivity contribution in [2.75, 3.05) is 58.2 Å². The van der Waals surface area contributed by atoms with E-state index < -0.39 is 0 Å². The summed E-state index contributed by atoms with van der Waals surface area (Å²) >= 11 is 0. The van der Waals surface area contributed by atoms with Gasteiger partial charge in [0.25, 0.3) is 0 Å². The molecule has 0 atom stereocenters. The number of nitrogens with two attached hydrogens (primary N) is 1. The van der Waals surface area contributed by atoms with E-state index in [0.29, 0.717) is 28.7 Å². The van der Waals surface area contributed by atoms with Crippen LogP contribution in [0.4, 0.5) is 11.4 Å². The van der Waals surface area contributed by atoms with Gasteiger partial charge in [0, 0.05) is 44.9 Å². The van der Waals surface area contributed by atoms with E-state index in [1.165, 1.54) is 14.2 Å². The van der Waals surface area contributed by atoms with Gasteiger partial charge in [-0.3, -0.25) is 0 Å². The summed E-state index contributed by atoms with van der Waals surface area (Å²) in [4.78, 5) is 28.0. The summed E-state index contributed by atoms with van der Waals surface area (Å²) in [5.41, 5.74) is 10.3. The highest BCUT2D eigenvalue weighted by Gasteiger charge is 2.26. The Labute approximate surface area is 254 Å². The van der Waals surface area contributed by atoms with Crippen LogP contribution in [-0.4, -0.2) is 68.7 Å². The Bertz CT molecular complexity index is 1380. The molecule has 2 aliphatic heterocycles. The molecular formula is C33H46N4O6. The van der Waals surface area contributed by atoms with Crippen molar-refractivity contribution in [3.8, 4) is 0 Å². The molecule has 2 fully saturated rings. The van der Waals surface area contributed by atoms with Crippen LogP contribution in [0.1, 0.15) is 73.0 Å². The molecule has 0 bridgehead atoms. The lowest BCUT2D eigenvalue weighted by molar-refractivity contribution is 0.0592. The number of hydrogen-bond donors (Lipinski definition) is 2. The number of fused-ring (bicyclic) bond motifs is 1. The zero-order chi connectivity index (χ0) is 31.0. The number of rotatable bonds is 7. The Morgan fingerprint density at radius 3 is 2.02 bits per heavy atom. The molecule has 3 N–H and O–H groups in total. The van der Waals surface area contributed by atoms with Crippen molar-refractivity contribution in [2.45, 2.75) is 58.4 Å². The van der Waals surface area contributed by atoms with Crippen molar-refractivity contribution in [1.29, 1.82) is 0 Å². The van der Waals surface area contributed by atoms with Gasteiger partial charge in [-0.05, 0) is 73.9 Å². The zero-order valence-corrected chi connectivity index (χ0v) is 26.1. The molecule has 3 aromatic rings. The lowest BCUT2D eigenvalue weighted by Crippen LogP contribution is -2.25. The minimum Gasteiger partial charge on any atom is -0.465 e. The predicted octanol–water partition coefficient (Wildman–Crippen LogP) is 5.44. The first kappa shape index (κ1) is 32.3. The number of ether oxygens (including phenoxy) is 4. The highest BCUT2D eigenvalue weighted by Crippen LogP contribution is 2.30. The molecule has 0 aliphatic carbocycles. The quantitative estimate of drug-likeness (QED) is 0.271. The van der Waals surface area contributed by atoms with Crippen LogP contribution in [0.2, 0.25) is 0 Å². The maximum atomic E-state index is 11.8. The number of imidazole rings is 1. The van der Waals surface area contributed by atoms with Crippen molar-refractivity contribution in [1.82, 2.24) is 9.55 Å². The van der Waals surface area contributed by atoms with Crippen molar-refractivity contribution in [3.63, 3.8) is 0 Å². The van der Waals surface area contributed by atoms with E-state index in [1.54, 1.807) is 12.1 Å². The second-order valence-electron chi connectivity index (χ2n) is 12.3. The molecular weight excluding hydrogens is 548 g/mol. The van der Waals surface area contributed by atoms with Crippen molar-refractivity contribution in [2.24, 2.45) is 11.8 Å².